The Morgan fingerprint density at radius 3 is 2.36 bits per heavy atom. The number of carbonyl (C=O) groups is 2. The first-order valence-electron chi connectivity index (χ1n) is 20.8. The number of unbranched alkanes of at least 4 members (excludes halogenated alkanes) is 8. The molecular weight excluding hydrogens is 782 g/mol. The molecule has 0 aliphatic carbocycles. The molecule has 0 saturated carbocycles. The van der Waals surface area contributed by atoms with E-state index in [9.17, 15) is 24.5 Å². The van der Waals surface area contributed by atoms with Crippen molar-refractivity contribution in [1.29, 1.82) is 5.26 Å². The summed E-state index contributed by atoms with van der Waals surface area (Å²) in [4.78, 5) is 30.6. The highest BCUT2D eigenvalue weighted by Crippen LogP contribution is 2.48. The van der Waals surface area contributed by atoms with Crippen molar-refractivity contribution in [2.24, 2.45) is 5.92 Å². The summed E-state index contributed by atoms with van der Waals surface area (Å²) in [6, 6.07) is 12.6. The molecule has 0 bridgehead atoms. The first-order chi connectivity index (χ1) is 28.0. The maximum absolute atomic E-state index is 14.5. The minimum Gasteiger partial charge on any atom is -0.464 e. The van der Waals surface area contributed by atoms with E-state index in [4.69, 9.17) is 23.3 Å². The molecule has 14 nitrogen and oxygen atoms in total. The molecule has 2 N–H and O–H groups in total. The Morgan fingerprint density at radius 2 is 1.71 bits per heavy atom. The van der Waals surface area contributed by atoms with Gasteiger partial charge in [0.2, 0.25) is 5.60 Å². The van der Waals surface area contributed by atoms with Gasteiger partial charge in [-0.05, 0) is 68.4 Å². The van der Waals surface area contributed by atoms with Crippen LogP contribution in [0.2, 0.25) is 0 Å². The van der Waals surface area contributed by atoms with Gasteiger partial charge in [0.25, 0.3) is 0 Å². The largest absolute Gasteiger partial charge is 0.464 e. The Labute approximate surface area is 347 Å². The lowest BCUT2D eigenvalue weighted by molar-refractivity contribution is -0.156. The van der Waals surface area contributed by atoms with Crippen molar-refractivity contribution in [3.05, 3.63) is 60.2 Å². The van der Waals surface area contributed by atoms with E-state index in [0.29, 0.717) is 17.6 Å². The van der Waals surface area contributed by atoms with E-state index < -0.39 is 56.2 Å². The number of aryl methyl sites for hydroxylation is 1. The van der Waals surface area contributed by atoms with Gasteiger partial charge < -0.3 is 23.8 Å². The number of ether oxygens (including phenoxy) is 3. The summed E-state index contributed by atoms with van der Waals surface area (Å²) in [5, 5.41) is 29.6. The summed E-state index contributed by atoms with van der Waals surface area (Å²) in [5.41, 5.74) is -0.687. The molecular formula is C42H62N5O9PS. The molecule has 320 valence electrons. The van der Waals surface area contributed by atoms with Gasteiger partial charge >= 0.3 is 19.7 Å². The van der Waals surface area contributed by atoms with Crippen LogP contribution in [0, 0.1) is 24.2 Å². The van der Waals surface area contributed by atoms with Gasteiger partial charge in [-0.3, -0.25) is 14.1 Å². The molecule has 6 atom stereocenters. The molecule has 0 radical (unpaired) electrons. The second-order valence-electron chi connectivity index (χ2n) is 14.8. The van der Waals surface area contributed by atoms with E-state index in [0.717, 1.165) is 32.1 Å². The van der Waals surface area contributed by atoms with Crippen LogP contribution < -0.4 is 9.61 Å². The molecule has 3 aromatic rings. The summed E-state index contributed by atoms with van der Waals surface area (Å²) in [5.74, 6) is 1.54. The second kappa shape index (κ2) is 23.9. The van der Waals surface area contributed by atoms with Gasteiger partial charge in [0.1, 0.15) is 36.4 Å². The molecule has 0 spiro atoms. The zero-order chi connectivity index (χ0) is 42.0. The van der Waals surface area contributed by atoms with Crippen molar-refractivity contribution in [3.8, 4) is 11.8 Å². The standard InChI is InChI=1S/C42H62N5O9PS/c1-6-33(7-2)27-52-41(50)32(5)46-57(51,56-34-21-17-16-18-22-34)53-28-36-39(54-38(48)23-19-14-12-10-9-11-13-15-20-26-58-8-3)40(49)42(29-43,55-36)37-25-24-35-31(4)44-30-45-47(35)37/h16-18,21-22,24-25,30,32-33,36,39-40,49H,6-15,19-20,23,26-28H2,1-5H3,(H,46,51)/t32-,36-,39-,40-,42+,57?/m1/s1. The van der Waals surface area contributed by atoms with Crippen LogP contribution in [-0.2, 0) is 38.5 Å². The highest BCUT2D eigenvalue weighted by molar-refractivity contribution is 7.99. The van der Waals surface area contributed by atoms with Crippen LogP contribution in [0.5, 0.6) is 5.75 Å². The van der Waals surface area contributed by atoms with Gasteiger partial charge in [-0.15, -0.1) is 0 Å². The SMILES string of the molecule is CCSCCCCCCCCCCCC(=O)O[C@H]1[C@@H](O)[C@](C#N)(c2ccc3c(C)ncnn23)O[C@@H]1COP(=O)(N[C@H](C)C(=O)OCC(CC)CC)Oc1ccccc1. The second-order valence-corrected chi connectivity index (χ2v) is 17.8. The van der Waals surface area contributed by atoms with Gasteiger partial charge in [-0.2, -0.15) is 27.2 Å². The maximum atomic E-state index is 14.5. The van der Waals surface area contributed by atoms with E-state index in [1.54, 1.807) is 49.4 Å². The Morgan fingerprint density at radius 1 is 1.03 bits per heavy atom. The molecule has 1 unspecified atom stereocenters. The fourth-order valence-corrected chi connectivity index (χ4v) is 9.07. The summed E-state index contributed by atoms with van der Waals surface area (Å²) >= 11 is 1.99. The molecule has 0 amide bonds. The van der Waals surface area contributed by atoms with E-state index in [1.807, 2.05) is 25.6 Å². The number of rotatable bonds is 27. The molecule has 3 heterocycles. The molecule has 1 fully saturated rings. The first kappa shape index (κ1) is 47.2. The van der Waals surface area contributed by atoms with Gasteiger partial charge in [-0.25, -0.2) is 14.1 Å². The third-order valence-corrected chi connectivity index (χ3v) is 13.1. The monoisotopic (exact) mass is 843 g/mol. The number of hydrogen-bond acceptors (Lipinski definition) is 13. The van der Waals surface area contributed by atoms with Crippen molar-refractivity contribution in [2.75, 3.05) is 24.7 Å². The van der Waals surface area contributed by atoms with Gasteiger partial charge in [0, 0.05) is 6.42 Å². The number of nitrogens with zero attached hydrogens (tertiary/aromatic N) is 4. The van der Waals surface area contributed by atoms with E-state index >= 15 is 0 Å². The summed E-state index contributed by atoms with van der Waals surface area (Å²) in [6.07, 6.45) is 8.36. The maximum Gasteiger partial charge on any atom is 0.459 e. The van der Waals surface area contributed by atoms with Crippen molar-refractivity contribution in [3.63, 3.8) is 0 Å². The van der Waals surface area contributed by atoms with Crippen LogP contribution in [0.15, 0.2) is 48.8 Å². The summed E-state index contributed by atoms with van der Waals surface area (Å²) in [6.45, 7) is 9.12. The number of aliphatic hydroxyl groups excluding tert-OH is 1. The molecule has 16 heteroatoms. The minimum atomic E-state index is -4.41. The lowest BCUT2D eigenvalue weighted by atomic mass is 9.92. The third-order valence-electron chi connectivity index (χ3n) is 10.5. The highest BCUT2D eigenvalue weighted by Gasteiger charge is 2.60. The van der Waals surface area contributed by atoms with Crippen molar-refractivity contribution < 1.29 is 42.5 Å². The predicted molar refractivity (Wildman–Crippen MR) is 223 cm³/mol. The molecule has 1 aliphatic heterocycles. The zero-order valence-corrected chi connectivity index (χ0v) is 36.4. The molecule has 1 aromatic carbocycles. The number of aromatic nitrogens is 3. The lowest BCUT2D eigenvalue weighted by Gasteiger charge is -2.26. The minimum absolute atomic E-state index is 0.0969. The van der Waals surface area contributed by atoms with E-state index in [-0.39, 0.29) is 30.4 Å². The highest BCUT2D eigenvalue weighted by atomic mass is 32.2. The quantitative estimate of drug-likeness (QED) is 0.0425. The molecule has 4 rings (SSSR count). The lowest BCUT2D eigenvalue weighted by Crippen LogP contribution is -2.43. The summed E-state index contributed by atoms with van der Waals surface area (Å²) in [7, 11) is -4.41. The zero-order valence-electron chi connectivity index (χ0n) is 34.7. The van der Waals surface area contributed by atoms with Crippen LogP contribution in [-0.4, -0.2) is 80.7 Å². The van der Waals surface area contributed by atoms with Gasteiger partial charge in [0.15, 0.2) is 6.10 Å². The molecule has 58 heavy (non-hydrogen) atoms. The van der Waals surface area contributed by atoms with Crippen LogP contribution in [0.4, 0.5) is 0 Å². The number of nitrogens with one attached hydrogen (secondary N) is 1. The van der Waals surface area contributed by atoms with Crippen molar-refractivity contribution in [1.82, 2.24) is 19.7 Å². The Kier molecular flexibility index (Phi) is 19.5. The van der Waals surface area contributed by atoms with Crippen LogP contribution in [0.3, 0.4) is 0 Å². The molecule has 1 aliphatic rings. The average Bonchev–Trinajstić information content (AvgIpc) is 3.78. The number of aliphatic hydroxyl groups is 1. The Hall–Kier alpha value is -3.51. The Bertz CT molecular complexity index is 1810. The fourth-order valence-electron chi connectivity index (χ4n) is 6.87. The normalized spacial score (nSPS) is 20.8. The van der Waals surface area contributed by atoms with E-state index in [1.165, 1.54) is 61.4 Å². The number of fused-ring (bicyclic) bond motifs is 1. The van der Waals surface area contributed by atoms with Gasteiger partial charge in [-0.1, -0.05) is 96.8 Å². The number of carbonyl (C=O) groups excluding carboxylic acids is 2. The van der Waals surface area contributed by atoms with Gasteiger partial charge in [0.05, 0.1) is 30.1 Å². The number of para-hydroxylation sites is 1. The van der Waals surface area contributed by atoms with Crippen molar-refractivity contribution >= 4 is 37.0 Å². The first-order valence-corrected chi connectivity index (χ1v) is 23.5. The van der Waals surface area contributed by atoms with Crippen LogP contribution >= 0.6 is 19.5 Å². The fraction of sp³-hybridized carbons (Fsp3) is 0.643. The Balaban J connectivity index is 1.48. The molecule has 2 aromatic heterocycles. The topological polar surface area (TPSA) is 184 Å². The van der Waals surface area contributed by atoms with Crippen molar-refractivity contribution in [2.45, 2.75) is 142 Å². The number of thioether (sulfide) groups is 1. The third kappa shape index (κ3) is 13.2. The number of benzene rings is 1. The summed E-state index contributed by atoms with van der Waals surface area (Å²) < 4.78 is 45.4. The average molecular weight is 844 g/mol. The number of hydrogen-bond donors (Lipinski definition) is 2. The van der Waals surface area contributed by atoms with Crippen LogP contribution in [0.1, 0.15) is 116 Å². The van der Waals surface area contributed by atoms with Crippen LogP contribution in [0.25, 0.3) is 5.52 Å². The predicted octanol–water partition coefficient (Wildman–Crippen LogP) is 8.24. The number of esters is 2. The van der Waals surface area contributed by atoms with E-state index in [2.05, 4.69) is 28.2 Å². The number of nitriles is 1. The smallest absolute Gasteiger partial charge is 0.459 e. The molecule has 1 saturated heterocycles.